The van der Waals surface area contributed by atoms with Crippen LogP contribution in [0.25, 0.3) is 11.0 Å². The van der Waals surface area contributed by atoms with Crippen molar-refractivity contribution < 1.29 is 4.74 Å². The fourth-order valence-electron chi connectivity index (χ4n) is 2.48. The summed E-state index contributed by atoms with van der Waals surface area (Å²) in [4.78, 5) is 14.7. The molecule has 6 heteroatoms. The summed E-state index contributed by atoms with van der Waals surface area (Å²) in [6.07, 6.45) is 0. The first-order chi connectivity index (χ1) is 11.2. The van der Waals surface area contributed by atoms with Gasteiger partial charge in [-0.2, -0.15) is 10.5 Å². The Morgan fingerprint density at radius 1 is 1.17 bits per heavy atom. The van der Waals surface area contributed by atoms with Crippen molar-refractivity contribution in [3.63, 3.8) is 0 Å². The van der Waals surface area contributed by atoms with E-state index in [9.17, 15) is 4.79 Å². The summed E-state index contributed by atoms with van der Waals surface area (Å²) < 4.78 is 7.42. The second-order valence-corrected chi connectivity index (χ2v) is 4.90. The van der Waals surface area contributed by atoms with Crippen molar-refractivity contribution in [2.45, 2.75) is 13.5 Å². The SMILES string of the molecule is CCn1c(=O)[nH]c2cccc(Oc3cc(C#N)cc(C#N)c3)c21. The topological polar surface area (TPSA) is 94.6 Å². The van der Waals surface area contributed by atoms with Gasteiger partial charge in [0.15, 0.2) is 5.75 Å². The summed E-state index contributed by atoms with van der Waals surface area (Å²) in [5.74, 6) is 0.867. The molecule has 0 aliphatic carbocycles. The Labute approximate surface area is 131 Å². The third-order valence-electron chi connectivity index (χ3n) is 3.46. The van der Waals surface area contributed by atoms with E-state index in [4.69, 9.17) is 15.3 Å². The lowest BCUT2D eigenvalue weighted by Crippen LogP contribution is -2.15. The Morgan fingerprint density at radius 3 is 2.48 bits per heavy atom. The molecule has 0 bridgehead atoms. The maximum Gasteiger partial charge on any atom is 0.326 e. The van der Waals surface area contributed by atoms with Crippen molar-refractivity contribution in [2.24, 2.45) is 0 Å². The van der Waals surface area contributed by atoms with E-state index in [0.29, 0.717) is 40.2 Å². The van der Waals surface area contributed by atoms with Crippen molar-refractivity contribution >= 4 is 11.0 Å². The van der Waals surface area contributed by atoms with Gasteiger partial charge in [-0.05, 0) is 37.3 Å². The molecule has 0 aliphatic heterocycles. The van der Waals surface area contributed by atoms with Gasteiger partial charge in [0, 0.05) is 6.54 Å². The second kappa shape index (κ2) is 5.70. The largest absolute Gasteiger partial charge is 0.455 e. The first kappa shape index (κ1) is 14.4. The molecular weight excluding hydrogens is 292 g/mol. The molecule has 1 aromatic heterocycles. The van der Waals surface area contributed by atoms with Crippen LogP contribution in [0.4, 0.5) is 0 Å². The molecule has 0 aliphatic rings. The molecule has 3 rings (SSSR count). The van der Waals surface area contributed by atoms with Gasteiger partial charge >= 0.3 is 5.69 Å². The zero-order chi connectivity index (χ0) is 16.4. The van der Waals surface area contributed by atoms with Crippen LogP contribution in [0.2, 0.25) is 0 Å². The van der Waals surface area contributed by atoms with Crippen LogP contribution in [0, 0.1) is 22.7 Å². The number of aromatic nitrogens is 2. The molecule has 0 radical (unpaired) electrons. The summed E-state index contributed by atoms with van der Waals surface area (Å²) in [7, 11) is 0. The Hall–Kier alpha value is -3.51. The van der Waals surface area contributed by atoms with E-state index in [1.165, 1.54) is 6.07 Å². The van der Waals surface area contributed by atoms with Gasteiger partial charge < -0.3 is 9.72 Å². The lowest BCUT2D eigenvalue weighted by Gasteiger charge is -2.09. The third-order valence-corrected chi connectivity index (χ3v) is 3.46. The van der Waals surface area contributed by atoms with Gasteiger partial charge in [-0.3, -0.25) is 4.57 Å². The minimum atomic E-state index is -0.206. The lowest BCUT2D eigenvalue weighted by molar-refractivity contribution is 0.484. The molecule has 0 saturated carbocycles. The number of fused-ring (bicyclic) bond motifs is 1. The molecule has 0 atom stereocenters. The number of para-hydroxylation sites is 1. The average molecular weight is 304 g/mol. The number of aryl methyl sites for hydroxylation is 1. The van der Waals surface area contributed by atoms with Gasteiger partial charge in [0.25, 0.3) is 0 Å². The zero-order valence-corrected chi connectivity index (χ0v) is 12.3. The van der Waals surface area contributed by atoms with Crippen LogP contribution < -0.4 is 10.4 Å². The van der Waals surface area contributed by atoms with Crippen molar-refractivity contribution in [3.05, 3.63) is 58.0 Å². The van der Waals surface area contributed by atoms with Crippen molar-refractivity contribution in [2.75, 3.05) is 0 Å². The first-order valence-corrected chi connectivity index (χ1v) is 7.01. The maximum absolute atomic E-state index is 11.9. The Balaban J connectivity index is 2.15. The molecule has 2 aromatic carbocycles. The monoisotopic (exact) mass is 304 g/mol. The number of hydrogen-bond acceptors (Lipinski definition) is 4. The number of aromatic amines is 1. The number of hydrogen-bond donors (Lipinski definition) is 1. The molecule has 6 nitrogen and oxygen atoms in total. The highest BCUT2D eigenvalue weighted by atomic mass is 16.5. The third kappa shape index (κ3) is 2.54. The molecule has 1 N–H and O–H groups in total. The normalized spacial score (nSPS) is 10.2. The number of ether oxygens (including phenoxy) is 1. The smallest absolute Gasteiger partial charge is 0.326 e. The van der Waals surface area contributed by atoms with E-state index in [-0.39, 0.29) is 5.69 Å². The van der Waals surface area contributed by atoms with E-state index >= 15 is 0 Å². The van der Waals surface area contributed by atoms with E-state index < -0.39 is 0 Å². The van der Waals surface area contributed by atoms with Crippen LogP contribution >= 0.6 is 0 Å². The molecular formula is C17H12N4O2. The second-order valence-electron chi connectivity index (χ2n) is 4.90. The van der Waals surface area contributed by atoms with Crippen LogP contribution in [-0.4, -0.2) is 9.55 Å². The molecule has 23 heavy (non-hydrogen) atoms. The van der Waals surface area contributed by atoms with Crippen molar-refractivity contribution in [1.82, 2.24) is 9.55 Å². The number of nitrogens with zero attached hydrogens (tertiary/aromatic N) is 3. The van der Waals surface area contributed by atoms with E-state index in [2.05, 4.69) is 4.98 Å². The van der Waals surface area contributed by atoms with Gasteiger partial charge in [0.2, 0.25) is 0 Å². The summed E-state index contributed by atoms with van der Waals surface area (Å²) in [6, 6.07) is 13.9. The number of imidazole rings is 1. The quantitative estimate of drug-likeness (QED) is 0.804. The lowest BCUT2D eigenvalue weighted by atomic mass is 10.1. The standard InChI is InChI=1S/C17H12N4O2/c1-2-21-16-14(20-17(21)22)4-3-5-15(16)23-13-7-11(9-18)6-12(8-13)10-19/h3-8H,2H2,1H3,(H,20,22). The van der Waals surface area contributed by atoms with E-state index in [0.717, 1.165) is 0 Å². The Morgan fingerprint density at radius 2 is 1.87 bits per heavy atom. The van der Waals surface area contributed by atoms with Crippen LogP contribution in [0.1, 0.15) is 18.1 Å². The number of rotatable bonds is 3. The molecule has 0 spiro atoms. The fraction of sp³-hybridized carbons (Fsp3) is 0.118. The van der Waals surface area contributed by atoms with Gasteiger partial charge in [0.05, 0.1) is 28.8 Å². The molecule has 0 saturated heterocycles. The average Bonchev–Trinajstić information content (AvgIpc) is 2.90. The summed E-state index contributed by atoms with van der Waals surface area (Å²) in [6.45, 7) is 2.37. The molecule has 3 aromatic rings. The number of H-pyrrole nitrogens is 1. The molecule has 112 valence electrons. The molecule has 0 fully saturated rings. The number of nitrogens with one attached hydrogen (secondary N) is 1. The van der Waals surface area contributed by atoms with Crippen molar-refractivity contribution in [1.29, 1.82) is 10.5 Å². The predicted molar refractivity (Wildman–Crippen MR) is 84.2 cm³/mol. The van der Waals surface area contributed by atoms with Crippen molar-refractivity contribution in [3.8, 4) is 23.6 Å². The Kier molecular flexibility index (Phi) is 3.58. The Bertz CT molecular complexity index is 999. The van der Waals surface area contributed by atoms with Crippen LogP contribution in [-0.2, 0) is 6.54 Å². The van der Waals surface area contributed by atoms with Gasteiger partial charge in [-0.15, -0.1) is 0 Å². The van der Waals surface area contributed by atoms with Crippen LogP contribution in [0.3, 0.4) is 0 Å². The molecule has 0 unspecified atom stereocenters. The van der Waals surface area contributed by atoms with E-state index in [1.807, 2.05) is 19.1 Å². The molecule has 0 amide bonds. The van der Waals surface area contributed by atoms with Crippen LogP contribution in [0.15, 0.2) is 41.2 Å². The van der Waals surface area contributed by atoms with E-state index in [1.54, 1.807) is 34.9 Å². The predicted octanol–water partition coefficient (Wildman–Crippen LogP) is 2.89. The zero-order valence-electron chi connectivity index (χ0n) is 12.3. The maximum atomic E-state index is 11.9. The highest BCUT2D eigenvalue weighted by Crippen LogP contribution is 2.29. The minimum absolute atomic E-state index is 0.206. The highest BCUT2D eigenvalue weighted by molar-refractivity contribution is 5.82. The highest BCUT2D eigenvalue weighted by Gasteiger charge is 2.12. The first-order valence-electron chi connectivity index (χ1n) is 7.01. The van der Waals surface area contributed by atoms with Crippen LogP contribution in [0.5, 0.6) is 11.5 Å². The van der Waals surface area contributed by atoms with Gasteiger partial charge in [-0.1, -0.05) is 6.07 Å². The number of benzene rings is 2. The summed E-state index contributed by atoms with van der Waals surface area (Å²) in [5.41, 5.74) is 1.80. The minimum Gasteiger partial charge on any atom is -0.455 e. The summed E-state index contributed by atoms with van der Waals surface area (Å²) in [5, 5.41) is 18.1. The summed E-state index contributed by atoms with van der Waals surface area (Å²) >= 11 is 0. The van der Waals surface area contributed by atoms with Gasteiger partial charge in [0.1, 0.15) is 11.3 Å². The fourth-order valence-corrected chi connectivity index (χ4v) is 2.48. The number of nitriles is 2. The molecule has 1 heterocycles. The van der Waals surface area contributed by atoms with Gasteiger partial charge in [-0.25, -0.2) is 4.79 Å².